The third kappa shape index (κ3) is 2.36. The first-order valence-corrected chi connectivity index (χ1v) is 8.51. The first-order valence-electron chi connectivity index (χ1n) is 8.51. The van der Waals surface area contributed by atoms with Crippen molar-refractivity contribution in [3.8, 4) is 0 Å². The van der Waals surface area contributed by atoms with Gasteiger partial charge >= 0.3 is 0 Å². The van der Waals surface area contributed by atoms with Crippen molar-refractivity contribution >= 4 is 11.8 Å². The molecule has 1 saturated heterocycles. The van der Waals surface area contributed by atoms with Gasteiger partial charge < -0.3 is 10.2 Å². The fourth-order valence-electron chi connectivity index (χ4n) is 4.06. The number of carbonyl (C=O) groups is 2. The van der Waals surface area contributed by atoms with Crippen LogP contribution in [0.4, 0.5) is 0 Å². The maximum absolute atomic E-state index is 13.1. The van der Waals surface area contributed by atoms with Gasteiger partial charge in [-0.25, -0.2) is 0 Å². The van der Waals surface area contributed by atoms with Crippen LogP contribution in [-0.4, -0.2) is 22.8 Å². The van der Waals surface area contributed by atoms with Crippen molar-refractivity contribution in [2.75, 3.05) is 0 Å². The van der Waals surface area contributed by atoms with Gasteiger partial charge in [0.2, 0.25) is 5.91 Å². The molecule has 24 heavy (non-hydrogen) atoms. The summed E-state index contributed by atoms with van der Waals surface area (Å²) in [5, 5.41) is 2.81. The maximum atomic E-state index is 13.1. The van der Waals surface area contributed by atoms with E-state index in [9.17, 15) is 9.59 Å². The Morgan fingerprint density at radius 2 is 1.92 bits per heavy atom. The van der Waals surface area contributed by atoms with Crippen LogP contribution < -0.4 is 5.32 Å². The van der Waals surface area contributed by atoms with Gasteiger partial charge in [0, 0.05) is 11.3 Å². The lowest BCUT2D eigenvalue weighted by Gasteiger charge is -2.41. The van der Waals surface area contributed by atoms with Crippen LogP contribution in [0.1, 0.15) is 68.9 Å². The van der Waals surface area contributed by atoms with E-state index in [1.165, 1.54) is 5.56 Å². The van der Waals surface area contributed by atoms with Gasteiger partial charge in [-0.05, 0) is 49.3 Å². The Balaban J connectivity index is 2.12. The Bertz CT molecular complexity index is 740. The summed E-state index contributed by atoms with van der Waals surface area (Å²) in [6.07, 6.45) is 1.33. The Labute approximate surface area is 143 Å². The lowest BCUT2D eigenvalue weighted by molar-refractivity contribution is -0.128. The average Bonchev–Trinajstić information content (AvgIpc) is 2.67. The topological polar surface area (TPSA) is 49.4 Å². The normalized spacial score (nSPS) is 23.3. The van der Waals surface area contributed by atoms with Crippen LogP contribution in [0.25, 0.3) is 0 Å². The van der Waals surface area contributed by atoms with Gasteiger partial charge in [0.05, 0.1) is 5.54 Å². The summed E-state index contributed by atoms with van der Waals surface area (Å²) in [6, 6.07) is 5.48. The first-order chi connectivity index (χ1) is 11.0. The van der Waals surface area contributed by atoms with Crippen molar-refractivity contribution in [2.45, 2.75) is 64.5 Å². The molecule has 2 aliphatic heterocycles. The molecule has 2 heterocycles. The zero-order chi connectivity index (χ0) is 17.9. The third-order valence-electron chi connectivity index (χ3n) is 5.17. The fraction of sp³-hybridized carbons (Fsp3) is 0.500. The summed E-state index contributed by atoms with van der Waals surface area (Å²) in [7, 11) is 0. The van der Waals surface area contributed by atoms with Crippen molar-refractivity contribution in [1.29, 1.82) is 0 Å². The molecule has 0 aliphatic carbocycles. The summed E-state index contributed by atoms with van der Waals surface area (Å²) < 4.78 is 0. The monoisotopic (exact) mass is 326 g/mol. The quantitative estimate of drug-likeness (QED) is 0.859. The van der Waals surface area contributed by atoms with Gasteiger partial charge in [-0.15, -0.1) is 0 Å². The molecule has 1 unspecified atom stereocenters. The molecule has 2 aliphatic rings. The molecule has 128 valence electrons. The van der Waals surface area contributed by atoms with E-state index in [2.05, 4.69) is 38.7 Å². The average molecular weight is 326 g/mol. The predicted octanol–water partition coefficient (Wildman–Crippen LogP) is 3.47. The minimum Gasteiger partial charge on any atom is -0.329 e. The number of amides is 2. The summed E-state index contributed by atoms with van der Waals surface area (Å²) >= 11 is 0. The zero-order valence-corrected chi connectivity index (χ0v) is 15.2. The van der Waals surface area contributed by atoms with Gasteiger partial charge in [-0.2, -0.15) is 0 Å². The lowest BCUT2D eigenvalue weighted by Crippen LogP contribution is -2.55. The van der Waals surface area contributed by atoms with E-state index in [0.717, 1.165) is 16.8 Å². The van der Waals surface area contributed by atoms with Crippen LogP contribution >= 0.6 is 0 Å². The van der Waals surface area contributed by atoms with Crippen LogP contribution in [0.5, 0.6) is 0 Å². The van der Waals surface area contributed by atoms with Gasteiger partial charge in [0.15, 0.2) is 0 Å². The van der Waals surface area contributed by atoms with Crippen LogP contribution in [0.3, 0.4) is 0 Å². The van der Waals surface area contributed by atoms with Crippen molar-refractivity contribution < 1.29 is 9.59 Å². The molecule has 1 aromatic rings. The van der Waals surface area contributed by atoms with E-state index < -0.39 is 11.6 Å². The molecule has 0 bridgehead atoms. The molecule has 4 heteroatoms. The van der Waals surface area contributed by atoms with E-state index in [4.69, 9.17) is 0 Å². The number of piperidine rings is 1. The smallest absolute Gasteiger partial charge is 0.255 e. The second kappa shape index (κ2) is 5.20. The Morgan fingerprint density at radius 3 is 2.50 bits per heavy atom. The Hall–Kier alpha value is -2.10. The SMILES string of the molecule is C=C1CCC(N2C(=O)c3cccc(C(C)(C)C)c3C2(C)C)C(=O)N1. The second-order valence-electron chi connectivity index (χ2n) is 8.36. The summed E-state index contributed by atoms with van der Waals surface area (Å²) in [4.78, 5) is 27.4. The molecule has 1 aromatic carbocycles. The molecular weight excluding hydrogens is 300 g/mol. The lowest BCUT2D eigenvalue weighted by atomic mass is 9.77. The van der Waals surface area contributed by atoms with Gasteiger partial charge in [-0.3, -0.25) is 9.59 Å². The molecule has 1 atom stereocenters. The van der Waals surface area contributed by atoms with E-state index in [-0.39, 0.29) is 17.2 Å². The number of hydrogen-bond acceptors (Lipinski definition) is 2. The minimum atomic E-state index is -0.517. The molecule has 3 rings (SSSR count). The van der Waals surface area contributed by atoms with Crippen LogP contribution in [0.2, 0.25) is 0 Å². The van der Waals surface area contributed by atoms with E-state index in [0.29, 0.717) is 12.8 Å². The second-order valence-corrected chi connectivity index (χ2v) is 8.36. The van der Waals surface area contributed by atoms with Crippen molar-refractivity contribution in [3.63, 3.8) is 0 Å². The highest BCUT2D eigenvalue weighted by Crippen LogP contribution is 2.45. The molecule has 0 radical (unpaired) electrons. The molecular formula is C20H26N2O2. The number of benzene rings is 1. The Morgan fingerprint density at radius 1 is 1.25 bits per heavy atom. The van der Waals surface area contributed by atoms with Crippen molar-refractivity contribution in [1.82, 2.24) is 10.2 Å². The highest BCUT2D eigenvalue weighted by molar-refractivity contribution is 6.03. The largest absolute Gasteiger partial charge is 0.329 e. The number of rotatable bonds is 1. The highest BCUT2D eigenvalue weighted by Gasteiger charge is 2.50. The summed E-state index contributed by atoms with van der Waals surface area (Å²) in [6.45, 7) is 14.4. The number of nitrogens with zero attached hydrogens (tertiary/aromatic N) is 1. The Kier molecular flexibility index (Phi) is 3.63. The number of hydrogen-bond donors (Lipinski definition) is 1. The molecule has 4 nitrogen and oxygen atoms in total. The molecule has 2 amide bonds. The number of carbonyl (C=O) groups excluding carboxylic acids is 2. The highest BCUT2D eigenvalue weighted by atomic mass is 16.2. The minimum absolute atomic E-state index is 0.0474. The molecule has 0 aromatic heterocycles. The van der Waals surface area contributed by atoms with Crippen LogP contribution in [0, 0.1) is 0 Å². The predicted molar refractivity (Wildman–Crippen MR) is 94.6 cm³/mol. The standard InChI is InChI=1S/C20H26N2O2/c1-12-10-11-15(17(23)21-12)22-18(24)13-8-7-9-14(19(2,3)4)16(13)20(22,5)6/h7-9,15H,1,10-11H2,2-6H3,(H,21,23). The van der Waals surface area contributed by atoms with E-state index >= 15 is 0 Å². The molecule has 0 saturated carbocycles. The van der Waals surface area contributed by atoms with Crippen molar-refractivity contribution in [3.05, 3.63) is 47.2 Å². The molecule has 1 fully saturated rings. The summed E-state index contributed by atoms with van der Waals surface area (Å²) in [5.41, 5.74) is 3.10. The van der Waals surface area contributed by atoms with Crippen LogP contribution in [0.15, 0.2) is 30.5 Å². The van der Waals surface area contributed by atoms with Crippen molar-refractivity contribution in [2.24, 2.45) is 0 Å². The maximum Gasteiger partial charge on any atom is 0.255 e. The van der Waals surface area contributed by atoms with Crippen LogP contribution in [-0.2, 0) is 15.7 Å². The van der Waals surface area contributed by atoms with Gasteiger partial charge in [0.1, 0.15) is 6.04 Å². The van der Waals surface area contributed by atoms with Gasteiger partial charge in [0.25, 0.3) is 5.91 Å². The molecule has 1 N–H and O–H groups in total. The first kappa shape index (κ1) is 16.7. The van der Waals surface area contributed by atoms with E-state index in [1.807, 2.05) is 26.0 Å². The number of allylic oxidation sites excluding steroid dienone is 1. The van der Waals surface area contributed by atoms with E-state index in [1.54, 1.807) is 4.90 Å². The molecule has 0 spiro atoms. The van der Waals surface area contributed by atoms with Gasteiger partial charge in [-0.1, -0.05) is 39.5 Å². The fourth-order valence-corrected chi connectivity index (χ4v) is 4.06. The zero-order valence-electron chi connectivity index (χ0n) is 15.2. The number of nitrogens with one attached hydrogen (secondary N) is 1. The third-order valence-corrected chi connectivity index (χ3v) is 5.17. The summed E-state index contributed by atoms with van der Waals surface area (Å²) in [5.74, 6) is -0.174. The number of fused-ring (bicyclic) bond motifs is 1.